The molecule has 0 saturated carbocycles. The Morgan fingerprint density at radius 2 is 1.53 bits per heavy atom. The van der Waals surface area contributed by atoms with E-state index < -0.39 is 0 Å². The molecule has 0 aliphatic rings. The van der Waals surface area contributed by atoms with E-state index in [1.807, 2.05) is 30.3 Å². The molecular weight excluding hydrogens is 234 g/mol. The number of hydrogen-bond donors (Lipinski definition) is 1. The summed E-state index contributed by atoms with van der Waals surface area (Å²) < 4.78 is 5.75. The highest BCUT2D eigenvalue weighted by Crippen LogP contribution is 2.15. The van der Waals surface area contributed by atoms with E-state index in [-0.39, 0.29) is 12.3 Å². The van der Waals surface area contributed by atoms with E-state index in [9.17, 15) is 0 Å². The quantitative estimate of drug-likeness (QED) is 0.561. The standard InChI is InChI=1S/C17H27O.H3N/c1-3-4-5-6-7-8-10-13-16(2)18-17-14-11-9-12-15-17;/h9,11-12,14-16H,2-8,10,13H2,1H3;1H3. The molecule has 2 nitrogen and oxygen atoms in total. The fraction of sp³-hybridized carbons (Fsp3) is 0.588. The number of hydrogen-bond acceptors (Lipinski definition) is 2. The number of para-hydroxylation sites is 1. The molecule has 1 radical (unpaired) electrons. The number of benzene rings is 1. The first-order valence-electron chi connectivity index (χ1n) is 7.37. The van der Waals surface area contributed by atoms with Crippen LogP contribution in [0.5, 0.6) is 5.75 Å². The van der Waals surface area contributed by atoms with Gasteiger partial charge in [0, 0.05) is 0 Å². The fourth-order valence-corrected chi connectivity index (χ4v) is 2.08. The highest BCUT2D eigenvalue weighted by molar-refractivity contribution is 5.21. The summed E-state index contributed by atoms with van der Waals surface area (Å²) in [5.74, 6) is 0.931. The zero-order valence-corrected chi connectivity index (χ0v) is 12.4. The molecule has 1 aromatic carbocycles. The van der Waals surface area contributed by atoms with Crippen LogP contribution in [-0.2, 0) is 0 Å². The molecule has 0 fully saturated rings. The Morgan fingerprint density at radius 3 is 2.16 bits per heavy atom. The van der Waals surface area contributed by atoms with Crippen LogP contribution >= 0.6 is 0 Å². The molecule has 0 spiro atoms. The smallest absolute Gasteiger partial charge is 0.119 e. The predicted molar refractivity (Wildman–Crippen MR) is 83.8 cm³/mol. The second-order valence-corrected chi connectivity index (χ2v) is 4.96. The average molecular weight is 264 g/mol. The van der Waals surface area contributed by atoms with Crippen LogP contribution in [0.1, 0.15) is 58.3 Å². The molecule has 1 aromatic rings. The lowest BCUT2D eigenvalue weighted by Crippen LogP contribution is -2.11. The molecule has 2 heteroatoms. The Kier molecular flexibility index (Phi) is 11.4. The summed E-state index contributed by atoms with van der Waals surface area (Å²) in [7, 11) is 0. The van der Waals surface area contributed by atoms with Gasteiger partial charge in [-0.05, 0) is 31.9 Å². The van der Waals surface area contributed by atoms with Crippen molar-refractivity contribution >= 4 is 0 Å². The lowest BCUT2D eigenvalue weighted by Gasteiger charge is -2.14. The molecule has 3 N–H and O–H groups in total. The van der Waals surface area contributed by atoms with Crippen molar-refractivity contribution in [3.8, 4) is 5.75 Å². The molecule has 0 aromatic heterocycles. The monoisotopic (exact) mass is 264 g/mol. The van der Waals surface area contributed by atoms with Gasteiger partial charge in [-0.1, -0.05) is 63.6 Å². The number of ether oxygens (including phenoxy) is 1. The van der Waals surface area contributed by atoms with Crippen LogP contribution in [0, 0.1) is 6.92 Å². The third-order valence-corrected chi connectivity index (χ3v) is 3.18. The maximum Gasteiger partial charge on any atom is 0.119 e. The fourth-order valence-electron chi connectivity index (χ4n) is 2.08. The van der Waals surface area contributed by atoms with Gasteiger partial charge in [-0.15, -0.1) is 0 Å². The summed E-state index contributed by atoms with van der Waals surface area (Å²) in [6.07, 6.45) is 10.5. The van der Waals surface area contributed by atoms with E-state index in [1.165, 1.54) is 44.9 Å². The van der Waals surface area contributed by atoms with Crippen molar-refractivity contribution in [2.75, 3.05) is 0 Å². The minimum Gasteiger partial charge on any atom is -0.490 e. The second-order valence-electron chi connectivity index (χ2n) is 4.96. The predicted octanol–water partition coefficient (Wildman–Crippen LogP) is 5.57. The van der Waals surface area contributed by atoms with Gasteiger partial charge < -0.3 is 10.9 Å². The zero-order chi connectivity index (χ0) is 13.1. The summed E-state index contributed by atoms with van der Waals surface area (Å²) in [4.78, 5) is 0. The molecule has 109 valence electrons. The maximum atomic E-state index is 5.75. The van der Waals surface area contributed by atoms with Crippen molar-refractivity contribution in [1.29, 1.82) is 0 Å². The number of unbranched alkanes of at least 4 members (excludes halogenated alkanes) is 6. The highest BCUT2D eigenvalue weighted by Gasteiger charge is 2.03. The Morgan fingerprint density at radius 1 is 0.947 bits per heavy atom. The minimum absolute atomic E-state index is 0. The molecule has 0 bridgehead atoms. The minimum atomic E-state index is 0. The molecule has 0 amide bonds. The average Bonchev–Trinajstić information content (AvgIpc) is 2.39. The molecule has 0 aliphatic carbocycles. The molecule has 1 unspecified atom stereocenters. The molecule has 19 heavy (non-hydrogen) atoms. The van der Waals surface area contributed by atoms with Gasteiger partial charge in [-0.25, -0.2) is 0 Å². The van der Waals surface area contributed by atoms with Gasteiger partial charge in [-0.3, -0.25) is 0 Å². The van der Waals surface area contributed by atoms with Crippen molar-refractivity contribution in [3.05, 3.63) is 37.3 Å². The van der Waals surface area contributed by atoms with Crippen molar-refractivity contribution in [3.63, 3.8) is 0 Å². The van der Waals surface area contributed by atoms with Gasteiger partial charge >= 0.3 is 0 Å². The molecule has 1 atom stereocenters. The Hall–Kier alpha value is -1.02. The van der Waals surface area contributed by atoms with Crippen LogP contribution in [0.25, 0.3) is 0 Å². The first-order valence-corrected chi connectivity index (χ1v) is 7.37. The molecular formula is C17H30NO. The van der Waals surface area contributed by atoms with Crippen molar-refractivity contribution in [1.82, 2.24) is 6.15 Å². The Bertz CT molecular complexity index is 287. The Balaban J connectivity index is 0.00000324. The first-order chi connectivity index (χ1) is 8.83. The van der Waals surface area contributed by atoms with Crippen molar-refractivity contribution in [2.24, 2.45) is 0 Å². The zero-order valence-electron chi connectivity index (χ0n) is 12.4. The SMILES string of the molecule is N.[CH2]C(CCCCCCCCC)Oc1ccccc1. The maximum absolute atomic E-state index is 5.75. The van der Waals surface area contributed by atoms with Crippen LogP contribution in [0.2, 0.25) is 0 Å². The highest BCUT2D eigenvalue weighted by atomic mass is 16.5. The lowest BCUT2D eigenvalue weighted by atomic mass is 10.1. The van der Waals surface area contributed by atoms with Gasteiger partial charge in [0.25, 0.3) is 0 Å². The lowest BCUT2D eigenvalue weighted by molar-refractivity contribution is 0.231. The second kappa shape index (κ2) is 12.0. The Labute approximate surface area is 119 Å². The normalized spacial score (nSPS) is 11.7. The van der Waals surface area contributed by atoms with Gasteiger partial charge in [0.15, 0.2) is 0 Å². The summed E-state index contributed by atoms with van der Waals surface area (Å²) in [5, 5.41) is 0. The van der Waals surface area contributed by atoms with E-state index in [0.717, 1.165) is 12.2 Å². The van der Waals surface area contributed by atoms with Gasteiger partial charge in [0.1, 0.15) is 5.75 Å². The summed E-state index contributed by atoms with van der Waals surface area (Å²) >= 11 is 0. The molecule has 1 rings (SSSR count). The van der Waals surface area contributed by atoms with Gasteiger partial charge in [0.05, 0.1) is 6.10 Å². The third-order valence-electron chi connectivity index (χ3n) is 3.18. The van der Waals surface area contributed by atoms with E-state index in [1.54, 1.807) is 0 Å². The largest absolute Gasteiger partial charge is 0.490 e. The summed E-state index contributed by atoms with van der Waals surface area (Å²) in [6, 6.07) is 9.97. The van der Waals surface area contributed by atoms with E-state index in [4.69, 9.17) is 4.74 Å². The molecule has 0 heterocycles. The van der Waals surface area contributed by atoms with E-state index >= 15 is 0 Å². The first kappa shape index (κ1) is 18.0. The van der Waals surface area contributed by atoms with E-state index in [0.29, 0.717) is 0 Å². The van der Waals surface area contributed by atoms with Crippen LogP contribution in [0.15, 0.2) is 30.3 Å². The number of rotatable bonds is 10. The van der Waals surface area contributed by atoms with Crippen LogP contribution in [-0.4, -0.2) is 6.10 Å². The van der Waals surface area contributed by atoms with Gasteiger partial charge in [0.2, 0.25) is 0 Å². The van der Waals surface area contributed by atoms with Crippen LogP contribution < -0.4 is 10.9 Å². The topological polar surface area (TPSA) is 44.2 Å². The van der Waals surface area contributed by atoms with Gasteiger partial charge in [-0.2, -0.15) is 0 Å². The summed E-state index contributed by atoms with van der Waals surface area (Å²) in [6.45, 7) is 6.32. The van der Waals surface area contributed by atoms with Crippen molar-refractivity contribution < 1.29 is 4.74 Å². The summed E-state index contributed by atoms with van der Waals surface area (Å²) in [5.41, 5.74) is 0. The third kappa shape index (κ3) is 9.54. The van der Waals surface area contributed by atoms with E-state index in [2.05, 4.69) is 13.8 Å². The van der Waals surface area contributed by atoms with Crippen LogP contribution in [0.4, 0.5) is 0 Å². The molecule has 0 saturated heterocycles. The molecule has 0 aliphatic heterocycles. The van der Waals surface area contributed by atoms with Crippen molar-refractivity contribution in [2.45, 2.75) is 64.4 Å². The van der Waals surface area contributed by atoms with Crippen LogP contribution in [0.3, 0.4) is 0 Å².